The lowest BCUT2D eigenvalue weighted by Gasteiger charge is -2.17. The predicted molar refractivity (Wildman–Crippen MR) is 125 cm³/mol. The smallest absolute Gasteiger partial charge is 0.260 e. The minimum atomic E-state index is -0.402. The van der Waals surface area contributed by atoms with E-state index in [9.17, 15) is 9.59 Å². The van der Waals surface area contributed by atoms with Crippen LogP contribution in [0.2, 0.25) is 5.02 Å². The molecule has 0 radical (unpaired) electrons. The van der Waals surface area contributed by atoms with Crippen LogP contribution in [0.25, 0.3) is 22.0 Å². The Bertz CT molecular complexity index is 1420. The Morgan fingerprint density at radius 2 is 1.88 bits per heavy atom. The van der Waals surface area contributed by atoms with Crippen molar-refractivity contribution >= 4 is 34.1 Å². The summed E-state index contributed by atoms with van der Waals surface area (Å²) >= 11 is 6.35. The second kappa shape index (κ2) is 7.80. The van der Waals surface area contributed by atoms with Crippen LogP contribution < -0.4 is 5.56 Å². The van der Waals surface area contributed by atoms with Gasteiger partial charge in [-0.25, -0.2) is 5.01 Å². The van der Waals surface area contributed by atoms with Gasteiger partial charge in [-0.3, -0.25) is 9.59 Å². The number of aromatic nitrogens is 1. The molecule has 7 heteroatoms. The third kappa shape index (κ3) is 3.24. The first-order valence-electron chi connectivity index (χ1n) is 10.2. The fourth-order valence-electron chi connectivity index (χ4n) is 4.35. The number of amides is 1. The molecule has 1 aliphatic rings. The highest BCUT2D eigenvalue weighted by atomic mass is 35.5. The topological polar surface area (TPSA) is 67.8 Å². The number of hydrogen-bond donors (Lipinski definition) is 0. The van der Waals surface area contributed by atoms with Gasteiger partial charge in [0.05, 0.1) is 23.1 Å². The summed E-state index contributed by atoms with van der Waals surface area (Å²) in [5.74, 6) is 0.407. The lowest BCUT2D eigenvalue weighted by atomic mass is 9.91. The van der Waals surface area contributed by atoms with Crippen molar-refractivity contribution in [2.24, 2.45) is 12.1 Å². The second-order valence-corrected chi connectivity index (χ2v) is 8.22. The van der Waals surface area contributed by atoms with E-state index in [4.69, 9.17) is 16.0 Å². The van der Waals surface area contributed by atoms with Gasteiger partial charge in [-0.2, -0.15) is 5.10 Å². The van der Waals surface area contributed by atoms with E-state index in [0.29, 0.717) is 28.5 Å². The Kier molecular flexibility index (Phi) is 4.94. The molecule has 0 spiro atoms. The van der Waals surface area contributed by atoms with Crippen LogP contribution in [0, 0.1) is 0 Å². The molecule has 0 saturated heterocycles. The number of hydrogen-bond acceptors (Lipinski definition) is 4. The van der Waals surface area contributed by atoms with Gasteiger partial charge in [-0.1, -0.05) is 41.9 Å². The largest absolute Gasteiger partial charge is 0.467 e. The molecule has 0 saturated carbocycles. The van der Waals surface area contributed by atoms with Gasteiger partial charge in [0.2, 0.25) is 5.91 Å². The number of benzene rings is 2. The summed E-state index contributed by atoms with van der Waals surface area (Å²) in [5, 5.41) is 7.42. The van der Waals surface area contributed by atoms with Crippen molar-refractivity contribution in [2.75, 3.05) is 0 Å². The maximum absolute atomic E-state index is 13.6. The summed E-state index contributed by atoms with van der Waals surface area (Å²) in [6.45, 7) is 1.46. The number of halogens is 1. The van der Waals surface area contributed by atoms with Gasteiger partial charge in [0.25, 0.3) is 5.56 Å². The van der Waals surface area contributed by atoms with Crippen LogP contribution in [0.3, 0.4) is 0 Å². The number of rotatable bonds is 3. The molecule has 160 valence electrons. The molecule has 1 aliphatic heterocycles. The van der Waals surface area contributed by atoms with Crippen molar-refractivity contribution in [1.29, 1.82) is 0 Å². The monoisotopic (exact) mass is 445 g/mol. The van der Waals surface area contributed by atoms with Gasteiger partial charge in [-0.15, -0.1) is 0 Å². The molecule has 6 nitrogen and oxygen atoms in total. The van der Waals surface area contributed by atoms with Crippen LogP contribution in [0.15, 0.2) is 81.2 Å². The number of carbonyl (C=O) groups excluding carboxylic acids is 1. The van der Waals surface area contributed by atoms with Crippen LogP contribution in [0.4, 0.5) is 0 Å². The molecule has 5 rings (SSSR count). The zero-order valence-corrected chi connectivity index (χ0v) is 18.3. The van der Waals surface area contributed by atoms with Crippen molar-refractivity contribution in [3.8, 4) is 11.1 Å². The third-order valence-electron chi connectivity index (χ3n) is 5.81. The second-order valence-electron chi connectivity index (χ2n) is 7.79. The number of hydrazone groups is 1. The average molecular weight is 446 g/mol. The SMILES string of the molecule is CC(=O)N1N=C(c2c(-c3ccccc3)c3cc(Cl)ccc3n(C)c2=O)C[C@H]1c1ccco1. The van der Waals surface area contributed by atoms with Crippen LogP contribution >= 0.6 is 11.6 Å². The summed E-state index contributed by atoms with van der Waals surface area (Å²) < 4.78 is 7.17. The molecular formula is C25H20ClN3O3. The van der Waals surface area contributed by atoms with E-state index in [2.05, 4.69) is 5.10 Å². The summed E-state index contributed by atoms with van der Waals surface area (Å²) in [4.78, 5) is 26.0. The molecule has 2 aromatic heterocycles. The van der Waals surface area contributed by atoms with E-state index >= 15 is 0 Å². The summed E-state index contributed by atoms with van der Waals surface area (Å²) in [6.07, 6.45) is 1.94. The van der Waals surface area contributed by atoms with Crippen molar-refractivity contribution in [3.63, 3.8) is 0 Å². The van der Waals surface area contributed by atoms with Gasteiger partial charge >= 0.3 is 0 Å². The molecule has 3 heterocycles. The van der Waals surface area contributed by atoms with E-state index in [0.717, 1.165) is 22.0 Å². The van der Waals surface area contributed by atoms with E-state index in [1.165, 1.54) is 11.9 Å². The van der Waals surface area contributed by atoms with Crippen LogP contribution in [0.1, 0.15) is 30.7 Å². The van der Waals surface area contributed by atoms with Crippen LogP contribution in [-0.2, 0) is 11.8 Å². The predicted octanol–water partition coefficient (Wildman–Crippen LogP) is 5.15. The Hall–Kier alpha value is -3.64. The molecule has 0 fully saturated rings. The first-order chi connectivity index (χ1) is 15.5. The van der Waals surface area contributed by atoms with Crippen molar-refractivity contribution in [3.05, 3.63) is 93.6 Å². The van der Waals surface area contributed by atoms with E-state index in [1.807, 2.05) is 48.5 Å². The quantitative estimate of drug-likeness (QED) is 0.438. The summed E-state index contributed by atoms with van der Waals surface area (Å²) in [7, 11) is 1.74. The average Bonchev–Trinajstić information content (AvgIpc) is 3.46. The minimum Gasteiger partial charge on any atom is -0.467 e. The molecule has 0 unspecified atom stereocenters. The highest BCUT2D eigenvalue weighted by molar-refractivity contribution is 6.31. The standard InChI is InChI=1S/C25H20ClN3O3/c1-15(30)29-21(22-9-6-12-32-22)14-19(27-29)24-23(16-7-4-3-5-8-16)18-13-17(26)10-11-20(18)28(2)25(24)31/h3-13,21H,14H2,1-2H3/t21-/m0/s1. The number of fused-ring (bicyclic) bond motifs is 1. The van der Waals surface area contributed by atoms with Gasteiger partial charge in [0.1, 0.15) is 11.8 Å². The first kappa shape index (κ1) is 20.3. The zero-order valence-electron chi connectivity index (χ0n) is 17.6. The number of pyridine rings is 1. The normalized spacial score (nSPS) is 15.9. The third-order valence-corrected chi connectivity index (χ3v) is 6.05. The molecular weight excluding hydrogens is 426 g/mol. The summed E-state index contributed by atoms with van der Waals surface area (Å²) in [5.41, 5.74) is 3.24. The summed E-state index contributed by atoms with van der Waals surface area (Å²) in [6, 6.07) is 18.4. The Morgan fingerprint density at radius 3 is 2.56 bits per heavy atom. The van der Waals surface area contributed by atoms with Crippen LogP contribution in [0.5, 0.6) is 0 Å². The maximum Gasteiger partial charge on any atom is 0.260 e. The lowest BCUT2D eigenvalue weighted by Crippen LogP contribution is -2.26. The van der Waals surface area contributed by atoms with Gasteiger partial charge in [0.15, 0.2) is 0 Å². The molecule has 0 aliphatic carbocycles. The van der Waals surface area contributed by atoms with Crippen LogP contribution in [-0.4, -0.2) is 21.2 Å². The lowest BCUT2D eigenvalue weighted by molar-refractivity contribution is -0.130. The maximum atomic E-state index is 13.6. The Morgan fingerprint density at radius 1 is 1.09 bits per heavy atom. The molecule has 1 amide bonds. The van der Waals surface area contributed by atoms with Crippen molar-refractivity contribution < 1.29 is 9.21 Å². The fraction of sp³-hybridized carbons (Fsp3) is 0.160. The molecule has 0 bridgehead atoms. The van der Waals surface area contributed by atoms with E-state index in [-0.39, 0.29) is 11.5 Å². The van der Waals surface area contributed by atoms with Crippen molar-refractivity contribution in [1.82, 2.24) is 9.58 Å². The Balaban J connectivity index is 1.81. The minimum absolute atomic E-state index is 0.180. The number of nitrogens with zero attached hydrogens (tertiary/aromatic N) is 3. The van der Waals surface area contributed by atoms with E-state index < -0.39 is 6.04 Å². The van der Waals surface area contributed by atoms with Crippen molar-refractivity contribution in [2.45, 2.75) is 19.4 Å². The highest BCUT2D eigenvalue weighted by Crippen LogP contribution is 2.37. The molecule has 2 aromatic carbocycles. The zero-order chi connectivity index (χ0) is 22.4. The number of aryl methyl sites for hydroxylation is 1. The van der Waals surface area contributed by atoms with Gasteiger partial charge in [-0.05, 0) is 35.9 Å². The number of furan rings is 1. The van der Waals surface area contributed by atoms with E-state index in [1.54, 1.807) is 30.0 Å². The number of carbonyl (C=O) groups is 1. The highest BCUT2D eigenvalue weighted by Gasteiger charge is 2.35. The fourth-order valence-corrected chi connectivity index (χ4v) is 4.52. The Labute approximate surface area is 189 Å². The first-order valence-corrected chi connectivity index (χ1v) is 10.6. The molecule has 32 heavy (non-hydrogen) atoms. The molecule has 1 atom stereocenters. The van der Waals surface area contributed by atoms with Gasteiger partial charge in [0, 0.05) is 36.4 Å². The molecule has 4 aromatic rings. The molecule has 0 N–H and O–H groups in total. The van der Waals surface area contributed by atoms with Gasteiger partial charge < -0.3 is 8.98 Å².